The smallest absolute Gasteiger partial charge is 0.405 e. The summed E-state index contributed by atoms with van der Waals surface area (Å²) in [4.78, 5) is 4.26. The monoisotopic (exact) mass is 303 g/mol. The molecule has 0 fully saturated rings. The predicted molar refractivity (Wildman–Crippen MR) is 76.2 cm³/mol. The second-order valence-electron chi connectivity index (χ2n) is 4.65. The van der Waals surface area contributed by atoms with Gasteiger partial charge in [-0.1, -0.05) is 18.2 Å². The lowest BCUT2D eigenvalue weighted by atomic mass is 10.2. The third kappa shape index (κ3) is 6.87. The van der Waals surface area contributed by atoms with E-state index in [2.05, 4.69) is 20.4 Å². The van der Waals surface area contributed by atoms with Gasteiger partial charge in [-0.2, -0.15) is 0 Å². The molecule has 1 rings (SSSR count). The number of nitrogens with one attached hydrogen (secondary N) is 2. The zero-order valence-electron chi connectivity index (χ0n) is 12.3. The standard InChI is InChI=1S/C14H20F3N3O/c1-4-18-13(20-10(2)3)19-9-11-7-5-6-8-12(11)21-14(15,16)17/h5-8,10H,4,9H2,1-3H3,(H2,18,19,20). The van der Waals surface area contributed by atoms with E-state index in [-0.39, 0.29) is 18.3 Å². The Balaban J connectivity index is 2.85. The Hall–Kier alpha value is -1.92. The normalized spacial score (nSPS) is 12.4. The Labute approximate surface area is 122 Å². The predicted octanol–water partition coefficient (Wildman–Crippen LogP) is 3.05. The molecule has 2 N–H and O–H groups in total. The summed E-state index contributed by atoms with van der Waals surface area (Å²) < 4.78 is 41.0. The zero-order valence-corrected chi connectivity index (χ0v) is 12.3. The summed E-state index contributed by atoms with van der Waals surface area (Å²) in [5.74, 6) is 0.323. The fourth-order valence-electron chi connectivity index (χ4n) is 1.62. The van der Waals surface area contributed by atoms with Gasteiger partial charge in [0.15, 0.2) is 5.96 Å². The molecular weight excluding hydrogens is 283 g/mol. The first-order valence-electron chi connectivity index (χ1n) is 6.70. The van der Waals surface area contributed by atoms with Crippen molar-refractivity contribution >= 4 is 5.96 Å². The van der Waals surface area contributed by atoms with E-state index in [4.69, 9.17) is 0 Å². The van der Waals surface area contributed by atoms with Gasteiger partial charge in [0, 0.05) is 18.2 Å². The molecule has 0 aliphatic carbocycles. The topological polar surface area (TPSA) is 45.7 Å². The lowest BCUT2D eigenvalue weighted by molar-refractivity contribution is -0.274. The first kappa shape index (κ1) is 17.1. The average molecular weight is 303 g/mol. The van der Waals surface area contributed by atoms with Crippen LogP contribution in [0.25, 0.3) is 0 Å². The SMILES string of the molecule is CCNC(=NCc1ccccc1OC(F)(F)F)NC(C)C. The number of ether oxygens (including phenoxy) is 1. The molecule has 0 amide bonds. The Bertz CT molecular complexity index is 473. The van der Waals surface area contributed by atoms with Crippen LogP contribution in [0.2, 0.25) is 0 Å². The molecule has 1 aromatic rings. The summed E-state index contributed by atoms with van der Waals surface area (Å²) in [7, 11) is 0. The molecule has 0 heterocycles. The number of alkyl halides is 3. The summed E-state index contributed by atoms with van der Waals surface area (Å²) in [6.07, 6.45) is -4.71. The molecule has 0 aromatic heterocycles. The maximum Gasteiger partial charge on any atom is 0.573 e. The first-order valence-corrected chi connectivity index (χ1v) is 6.70. The summed E-state index contributed by atoms with van der Waals surface area (Å²) in [6, 6.07) is 6.15. The number of hydrogen-bond donors (Lipinski definition) is 2. The fourth-order valence-corrected chi connectivity index (χ4v) is 1.62. The number of aliphatic imine (C=N–C) groups is 1. The van der Waals surface area contributed by atoms with E-state index in [0.29, 0.717) is 18.1 Å². The second-order valence-corrected chi connectivity index (χ2v) is 4.65. The molecule has 118 valence electrons. The van der Waals surface area contributed by atoms with E-state index in [1.165, 1.54) is 12.1 Å². The maximum absolute atomic E-state index is 12.3. The summed E-state index contributed by atoms with van der Waals surface area (Å²) in [5.41, 5.74) is 0.371. The Kier molecular flexibility index (Phi) is 6.33. The van der Waals surface area contributed by atoms with Crippen LogP contribution in [0.15, 0.2) is 29.3 Å². The zero-order chi connectivity index (χ0) is 15.9. The summed E-state index contributed by atoms with van der Waals surface area (Å²) in [5, 5.41) is 6.12. The molecular formula is C14H20F3N3O. The highest BCUT2D eigenvalue weighted by molar-refractivity contribution is 5.80. The molecule has 0 aliphatic rings. The van der Waals surface area contributed by atoms with Gasteiger partial charge in [-0.05, 0) is 26.8 Å². The maximum atomic E-state index is 12.3. The molecule has 0 atom stereocenters. The summed E-state index contributed by atoms with van der Waals surface area (Å²) >= 11 is 0. The molecule has 0 radical (unpaired) electrons. The summed E-state index contributed by atoms with van der Waals surface area (Å²) in [6.45, 7) is 6.58. The van der Waals surface area contributed by atoms with Crippen molar-refractivity contribution in [2.24, 2.45) is 4.99 Å². The molecule has 0 saturated carbocycles. The molecule has 0 saturated heterocycles. The minimum absolute atomic E-state index is 0.0916. The van der Waals surface area contributed by atoms with E-state index in [1.807, 2.05) is 20.8 Å². The van der Waals surface area contributed by atoms with Crippen molar-refractivity contribution < 1.29 is 17.9 Å². The van der Waals surface area contributed by atoms with Crippen LogP contribution in [0.5, 0.6) is 5.75 Å². The Morgan fingerprint density at radius 1 is 1.29 bits per heavy atom. The molecule has 0 unspecified atom stereocenters. The lowest BCUT2D eigenvalue weighted by Crippen LogP contribution is -2.41. The second kappa shape index (κ2) is 7.75. The molecule has 0 spiro atoms. The van der Waals surface area contributed by atoms with Crippen molar-refractivity contribution in [1.29, 1.82) is 0 Å². The van der Waals surface area contributed by atoms with E-state index in [0.717, 1.165) is 0 Å². The van der Waals surface area contributed by atoms with Gasteiger partial charge in [-0.3, -0.25) is 0 Å². The fraction of sp³-hybridized carbons (Fsp3) is 0.500. The number of benzene rings is 1. The molecule has 4 nitrogen and oxygen atoms in total. The van der Waals surface area contributed by atoms with Gasteiger partial charge in [0.05, 0.1) is 6.54 Å². The highest BCUT2D eigenvalue weighted by atomic mass is 19.4. The molecule has 0 aliphatic heterocycles. The van der Waals surface area contributed by atoms with Crippen LogP contribution in [-0.4, -0.2) is 24.9 Å². The van der Waals surface area contributed by atoms with Crippen molar-refractivity contribution in [2.45, 2.75) is 39.7 Å². The number of halogens is 3. The van der Waals surface area contributed by atoms with Gasteiger partial charge < -0.3 is 15.4 Å². The minimum atomic E-state index is -4.71. The van der Waals surface area contributed by atoms with Crippen molar-refractivity contribution in [2.75, 3.05) is 6.54 Å². The Morgan fingerprint density at radius 3 is 2.52 bits per heavy atom. The van der Waals surface area contributed by atoms with Crippen molar-refractivity contribution in [3.8, 4) is 5.75 Å². The van der Waals surface area contributed by atoms with Gasteiger partial charge in [-0.15, -0.1) is 13.2 Å². The van der Waals surface area contributed by atoms with E-state index in [9.17, 15) is 13.2 Å². The lowest BCUT2D eigenvalue weighted by Gasteiger charge is -2.15. The third-order valence-electron chi connectivity index (χ3n) is 2.38. The third-order valence-corrected chi connectivity index (χ3v) is 2.38. The van der Waals surface area contributed by atoms with Crippen LogP contribution in [0, 0.1) is 0 Å². The van der Waals surface area contributed by atoms with Crippen LogP contribution in [-0.2, 0) is 6.54 Å². The van der Waals surface area contributed by atoms with Crippen LogP contribution in [0.4, 0.5) is 13.2 Å². The van der Waals surface area contributed by atoms with Crippen molar-refractivity contribution in [1.82, 2.24) is 10.6 Å². The largest absolute Gasteiger partial charge is 0.573 e. The van der Waals surface area contributed by atoms with Crippen molar-refractivity contribution in [3.63, 3.8) is 0 Å². The molecule has 7 heteroatoms. The number of nitrogens with zero attached hydrogens (tertiary/aromatic N) is 1. The van der Waals surface area contributed by atoms with Gasteiger partial charge >= 0.3 is 6.36 Å². The molecule has 21 heavy (non-hydrogen) atoms. The van der Waals surface area contributed by atoms with Crippen LogP contribution >= 0.6 is 0 Å². The van der Waals surface area contributed by atoms with Crippen LogP contribution in [0.1, 0.15) is 26.3 Å². The van der Waals surface area contributed by atoms with Gasteiger partial charge in [-0.25, -0.2) is 4.99 Å². The van der Waals surface area contributed by atoms with Crippen LogP contribution < -0.4 is 15.4 Å². The first-order chi connectivity index (χ1) is 9.81. The van der Waals surface area contributed by atoms with E-state index >= 15 is 0 Å². The number of hydrogen-bond acceptors (Lipinski definition) is 2. The van der Waals surface area contributed by atoms with Gasteiger partial charge in [0.1, 0.15) is 5.75 Å². The number of rotatable bonds is 5. The van der Waals surface area contributed by atoms with Crippen molar-refractivity contribution in [3.05, 3.63) is 29.8 Å². The number of guanidine groups is 1. The molecule has 0 bridgehead atoms. The average Bonchev–Trinajstić information content (AvgIpc) is 2.35. The minimum Gasteiger partial charge on any atom is -0.405 e. The van der Waals surface area contributed by atoms with Crippen LogP contribution in [0.3, 0.4) is 0 Å². The Morgan fingerprint density at radius 2 is 1.95 bits per heavy atom. The molecule has 1 aromatic carbocycles. The van der Waals surface area contributed by atoms with E-state index in [1.54, 1.807) is 12.1 Å². The highest BCUT2D eigenvalue weighted by Crippen LogP contribution is 2.26. The quantitative estimate of drug-likeness (QED) is 0.649. The van der Waals surface area contributed by atoms with Gasteiger partial charge in [0.2, 0.25) is 0 Å². The number of para-hydroxylation sites is 1. The van der Waals surface area contributed by atoms with E-state index < -0.39 is 6.36 Å². The van der Waals surface area contributed by atoms with Gasteiger partial charge in [0.25, 0.3) is 0 Å². The highest BCUT2D eigenvalue weighted by Gasteiger charge is 2.31.